The SMILES string of the molecule is CS(=O)(=O)N1CCc2cc(C(=O)OC(C(=O)NC3CC3)c3ccccc3)ccc21. The first-order valence-electron chi connectivity index (χ1n) is 9.50. The summed E-state index contributed by atoms with van der Waals surface area (Å²) in [5.41, 5.74) is 2.24. The molecule has 2 aromatic carbocycles. The highest BCUT2D eigenvalue weighted by molar-refractivity contribution is 7.92. The standard InChI is InChI=1S/C21H22N2O5S/c1-29(26,27)23-12-11-15-13-16(7-10-18(15)23)21(25)28-19(14-5-3-2-4-6-14)20(24)22-17-8-9-17/h2-7,10,13,17,19H,8-9,11-12H2,1H3,(H,22,24). The van der Waals surface area contributed by atoms with Crippen LogP contribution in [0.4, 0.5) is 5.69 Å². The van der Waals surface area contributed by atoms with Crippen molar-refractivity contribution in [3.05, 3.63) is 65.2 Å². The van der Waals surface area contributed by atoms with E-state index in [2.05, 4.69) is 5.32 Å². The summed E-state index contributed by atoms with van der Waals surface area (Å²) in [7, 11) is -3.36. The van der Waals surface area contributed by atoms with Crippen molar-refractivity contribution in [2.75, 3.05) is 17.1 Å². The van der Waals surface area contributed by atoms with Gasteiger partial charge in [-0.1, -0.05) is 30.3 Å². The number of ether oxygens (including phenoxy) is 1. The van der Waals surface area contributed by atoms with Gasteiger partial charge in [0.2, 0.25) is 16.1 Å². The Labute approximate surface area is 169 Å². The van der Waals surface area contributed by atoms with E-state index >= 15 is 0 Å². The normalized spacial score (nSPS) is 16.8. The van der Waals surface area contributed by atoms with Crippen LogP contribution >= 0.6 is 0 Å². The van der Waals surface area contributed by atoms with Gasteiger partial charge in [0.15, 0.2) is 0 Å². The first-order valence-corrected chi connectivity index (χ1v) is 11.3. The maximum Gasteiger partial charge on any atom is 0.339 e. The number of sulfonamides is 1. The number of esters is 1. The number of rotatable bonds is 6. The molecule has 1 atom stereocenters. The molecule has 1 aliphatic carbocycles. The summed E-state index contributed by atoms with van der Waals surface area (Å²) in [6, 6.07) is 13.8. The molecule has 152 valence electrons. The molecule has 4 rings (SSSR count). The van der Waals surface area contributed by atoms with Gasteiger partial charge in [0.05, 0.1) is 17.5 Å². The topological polar surface area (TPSA) is 92.8 Å². The number of nitrogens with one attached hydrogen (secondary N) is 1. The number of anilines is 1. The highest BCUT2D eigenvalue weighted by Gasteiger charge is 2.32. The van der Waals surface area contributed by atoms with E-state index in [9.17, 15) is 18.0 Å². The Morgan fingerprint density at radius 2 is 1.86 bits per heavy atom. The van der Waals surface area contributed by atoms with E-state index < -0.39 is 22.1 Å². The number of hydrogen-bond acceptors (Lipinski definition) is 5. The first kappa shape index (κ1) is 19.4. The fraction of sp³-hybridized carbons (Fsp3) is 0.333. The summed E-state index contributed by atoms with van der Waals surface area (Å²) >= 11 is 0. The molecule has 0 aromatic heterocycles. The van der Waals surface area contributed by atoms with Crippen LogP contribution in [0, 0.1) is 0 Å². The van der Waals surface area contributed by atoms with Crippen LogP contribution in [0.15, 0.2) is 48.5 Å². The van der Waals surface area contributed by atoms with Crippen LogP contribution in [0.3, 0.4) is 0 Å². The van der Waals surface area contributed by atoms with E-state index in [1.165, 1.54) is 10.4 Å². The average Bonchev–Trinajstić information content (AvgIpc) is 3.39. The molecule has 0 spiro atoms. The van der Waals surface area contributed by atoms with E-state index in [-0.39, 0.29) is 11.9 Å². The van der Waals surface area contributed by atoms with Gasteiger partial charge in [-0.2, -0.15) is 0 Å². The molecular weight excluding hydrogens is 392 g/mol. The fourth-order valence-electron chi connectivity index (χ4n) is 3.42. The van der Waals surface area contributed by atoms with Crippen molar-refractivity contribution in [1.29, 1.82) is 0 Å². The minimum Gasteiger partial charge on any atom is -0.444 e. The van der Waals surface area contributed by atoms with Crippen LogP contribution in [0.2, 0.25) is 0 Å². The summed E-state index contributed by atoms with van der Waals surface area (Å²) in [5.74, 6) is -0.957. The monoisotopic (exact) mass is 414 g/mol. The van der Waals surface area contributed by atoms with Crippen LogP contribution in [0.5, 0.6) is 0 Å². The van der Waals surface area contributed by atoms with E-state index in [4.69, 9.17) is 4.74 Å². The van der Waals surface area contributed by atoms with Crippen molar-refractivity contribution in [3.8, 4) is 0 Å². The molecule has 1 heterocycles. The second kappa shape index (κ2) is 7.51. The summed E-state index contributed by atoms with van der Waals surface area (Å²) in [5, 5.41) is 2.88. The van der Waals surface area contributed by atoms with E-state index in [0.717, 1.165) is 24.7 Å². The molecule has 7 nitrogen and oxygen atoms in total. The number of nitrogens with zero attached hydrogens (tertiary/aromatic N) is 1. The Balaban J connectivity index is 1.56. The largest absolute Gasteiger partial charge is 0.444 e. The summed E-state index contributed by atoms with van der Waals surface area (Å²) in [6.07, 6.45) is 2.51. The molecule has 1 aliphatic heterocycles. The van der Waals surface area contributed by atoms with Crippen LogP contribution in [0.1, 0.15) is 40.4 Å². The minimum atomic E-state index is -3.36. The molecule has 1 amide bonds. The zero-order valence-electron chi connectivity index (χ0n) is 16.0. The fourth-order valence-corrected chi connectivity index (χ4v) is 4.38. The van der Waals surface area contributed by atoms with Gasteiger partial charge in [0, 0.05) is 18.2 Å². The Morgan fingerprint density at radius 3 is 2.52 bits per heavy atom. The second-order valence-corrected chi connectivity index (χ2v) is 9.31. The lowest BCUT2D eigenvalue weighted by Crippen LogP contribution is -2.33. The van der Waals surface area contributed by atoms with Gasteiger partial charge in [0.25, 0.3) is 5.91 Å². The van der Waals surface area contributed by atoms with Gasteiger partial charge in [-0.15, -0.1) is 0 Å². The van der Waals surface area contributed by atoms with Crippen molar-refractivity contribution in [1.82, 2.24) is 5.32 Å². The van der Waals surface area contributed by atoms with E-state index in [1.54, 1.807) is 36.4 Å². The summed E-state index contributed by atoms with van der Waals surface area (Å²) in [6.45, 7) is 0.350. The molecule has 2 aliphatic rings. The number of fused-ring (bicyclic) bond motifs is 1. The maximum atomic E-state index is 12.8. The van der Waals surface area contributed by atoms with Gasteiger partial charge in [-0.25, -0.2) is 13.2 Å². The zero-order valence-corrected chi connectivity index (χ0v) is 16.8. The highest BCUT2D eigenvalue weighted by atomic mass is 32.2. The van der Waals surface area contributed by atoms with Gasteiger partial charge < -0.3 is 10.1 Å². The van der Waals surface area contributed by atoms with Crippen LogP contribution in [-0.2, 0) is 26.0 Å². The predicted molar refractivity (Wildman–Crippen MR) is 108 cm³/mol. The smallest absolute Gasteiger partial charge is 0.339 e. The third kappa shape index (κ3) is 4.27. The molecule has 0 radical (unpaired) electrons. The number of carbonyl (C=O) groups excluding carboxylic acids is 2. The van der Waals surface area contributed by atoms with Crippen molar-refractivity contribution in [2.45, 2.75) is 31.4 Å². The second-order valence-electron chi connectivity index (χ2n) is 7.41. The van der Waals surface area contributed by atoms with Gasteiger partial charge >= 0.3 is 5.97 Å². The maximum absolute atomic E-state index is 12.8. The van der Waals surface area contributed by atoms with E-state index in [0.29, 0.717) is 29.8 Å². The van der Waals surface area contributed by atoms with Crippen LogP contribution in [-0.4, -0.2) is 39.1 Å². The van der Waals surface area contributed by atoms with Crippen molar-refractivity contribution >= 4 is 27.6 Å². The molecule has 1 saturated carbocycles. The number of hydrogen-bond donors (Lipinski definition) is 1. The number of carbonyl (C=O) groups is 2. The van der Waals surface area contributed by atoms with Crippen LogP contribution in [0.25, 0.3) is 0 Å². The van der Waals surface area contributed by atoms with Gasteiger partial charge in [-0.3, -0.25) is 9.10 Å². The Morgan fingerprint density at radius 1 is 1.14 bits per heavy atom. The lowest BCUT2D eigenvalue weighted by atomic mass is 10.1. The third-order valence-electron chi connectivity index (χ3n) is 5.06. The molecule has 29 heavy (non-hydrogen) atoms. The molecule has 1 fully saturated rings. The zero-order chi connectivity index (χ0) is 20.6. The Bertz CT molecular complexity index is 1050. The lowest BCUT2D eigenvalue weighted by molar-refractivity contribution is -0.130. The lowest BCUT2D eigenvalue weighted by Gasteiger charge is -2.19. The van der Waals surface area contributed by atoms with Crippen molar-refractivity contribution in [3.63, 3.8) is 0 Å². The van der Waals surface area contributed by atoms with Crippen molar-refractivity contribution < 1.29 is 22.7 Å². The average molecular weight is 414 g/mol. The Kier molecular flexibility index (Phi) is 5.04. The molecule has 1 N–H and O–H groups in total. The van der Waals surface area contributed by atoms with Crippen LogP contribution < -0.4 is 9.62 Å². The van der Waals surface area contributed by atoms with E-state index in [1.807, 2.05) is 6.07 Å². The molecule has 8 heteroatoms. The molecular formula is C21H22N2O5S. The van der Waals surface area contributed by atoms with Crippen molar-refractivity contribution in [2.24, 2.45) is 0 Å². The minimum absolute atomic E-state index is 0.148. The van der Waals surface area contributed by atoms with Gasteiger partial charge in [0.1, 0.15) is 0 Å². The summed E-state index contributed by atoms with van der Waals surface area (Å²) in [4.78, 5) is 25.4. The highest BCUT2D eigenvalue weighted by Crippen LogP contribution is 2.31. The van der Waals surface area contributed by atoms with Gasteiger partial charge in [-0.05, 0) is 43.0 Å². The number of benzene rings is 2. The Hall–Kier alpha value is -2.87. The molecule has 0 bridgehead atoms. The predicted octanol–water partition coefficient (Wildman–Crippen LogP) is 2.19. The summed E-state index contributed by atoms with van der Waals surface area (Å²) < 4.78 is 30.7. The molecule has 0 saturated heterocycles. The molecule has 2 aromatic rings. The third-order valence-corrected chi connectivity index (χ3v) is 6.24. The molecule has 1 unspecified atom stereocenters. The first-order chi connectivity index (χ1) is 13.8. The number of amides is 1. The quantitative estimate of drug-likeness (QED) is 0.732.